The minimum atomic E-state index is -0.682. The molecule has 0 atom stereocenters. The zero-order valence-electron chi connectivity index (χ0n) is 14.0. The SMILES string of the molecule is Cc1cc(C=C2SC(=O)N(CC(=O)OC(C)(C)C)C2=O)ccc1O. The van der Waals surface area contributed by atoms with Crippen molar-refractivity contribution in [3.63, 3.8) is 0 Å². The summed E-state index contributed by atoms with van der Waals surface area (Å²) in [7, 11) is 0. The second-order valence-electron chi connectivity index (χ2n) is 6.40. The Labute approximate surface area is 144 Å². The van der Waals surface area contributed by atoms with E-state index in [9.17, 15) is 19.5 Å². The van der Waals surface area contributed by atoms with Crippen molar-refractivity contribution in [2.75, 3.05) is 6.54 Å². The van der Waals surface area contributed by atoms with Crippen LogP contribution in [-0.2, 0) is 14.3 Å². The lowest BCUT2D eigenvalue weighted by atomic mass is 10.1. The van der Waals surface area contributed by atoms with E-state index in [2.05, 4.69) is 0 Å². The summed E-state index contributed by atoms with van der Waals surface area (Å²) < 4.78 is 5.14. The van der Waals surface area contributed by atoms with Crippen LogP contribution >= 0.6 is 11.8 Å². The van der Waals surface area contributed by atoms with Crippen LogP contribution in [0.1, 0.15) is 31.9 Å². The van der Waals surface area contributed by atoms with Crippen molar-refractivity contribution in [2.24, 2.45) is 0 Å². The molecule has 2 rings (SSSR count). The number of rotatable bonds is 3. The number of imide groups is 1. The van der Waals surface area contributed by atoms with Crippen LogP contribution in [0.4, 0.5) is 4.79 Å². The maximum atomic E-state index is 12.3. The van der Waals surface area contributed by atoms with Crippen molar-refractivity contribution < 1.29 is 24.2 Å². The number of nitrogens with zero attached hydrogens (tertiary/aromatic N) is 1. The van der Waals surface area contributed by atoms with E-state index in [0.717, 1.165) is 16.7 Å². The summed E-state index contributed by atoms with van der Waals surface area (Å²) in [4.78, 5) is 37.3. The molecule has 24 heavy (non-hydrogen) atoms. The van der Waals surface area contributed by atoms with Crippen molar-refractivity contribution in [3.05, 3.63) is 34.2 Å². The van der Waals surface area contributed by atoms with Gasteiger partial charge in [-0.15, -0.1) is 0 Å². The minimum Gasteiger partial charge on any atom is -0.508 e. The maximum Gasteiger partial charge on any atom is 0.326 e. The summed E-state index contributed by atoms with van der Waals surface area (Å²) in [5, 5.41) is 9.02. The molecule has 1 aliphatic heterocycles. The van der Waals surface area contributed by atoms with Crippen LogP contribution in [0.15, 0.2) is 23.1 Å². The van der Waals surface area contributed by atoms with Gasteiger partial charge in [0.15, 0.2) is 0 Å². The first kappa shape index (κ1) is 18.1. The van der Waals surface area contributed by atoms with Crippen LogP contribution in [0, 0.1) is 6.92 Å². The van der Waals surface area contributed by atoms with Crippen LogP contribution in [0.3, 0.4) is 0 Å². The molecule has 1 aliphatic rings. The van der Waals surface area contributed by atoms with Crippen LogP contribution in [0.25, 0.3) is 6.08 Å². The first-order valence-corrected chi connectivity index (χ1v) is 8.15. The summed E-state index contributed by atoms with van der Waals surface area (Å²) in [6, 6.07) is 4.87. The number of benzene rings is 1. The molecule has 0 aromatic heterocycles. The Balaban J connectivity index is 2.14. The van der Waals surface area contributed by atoms with E-state index in [1.807, 2.05) is 0 Å². The molecule has 1 N–H and O–H groups in total. The van der Waals surface area contributed by atoms with Crippen molar-refractivity contribution in [1.29, 1.82) is 0 Å². The first-order valence-electron chi connectivity index (χ1n) is 7.33. The number of phenolic OH excluding ortho intramolecular Hbond substituents is 1. The van der Waals surface area contributed by atoms with E-state index in [1.165, 1.54) is 6.07 Å². The fraction of sp³-hybridized carbons (Fsp3) is 0.353. The molecular formula is C17H19NO5S. The summed E-state index contributed by atoms with van der Waals surface area (Å²) in [6.07, 6.45) is 1.56. The Morgan fingerprint density at radius 1 is 1.33 bits per heavy atom. The molecule has 7 heteroatoms. The highest BCUT2D eigenvalue weighted by molar-refractivity contribution is 8.18. The molecule has 0 aliphatic carbocycles. The summed E-state index contributed by atoms with van der Waals surface area (Å²) in [5.41, 5.74) is 0.669. The summed E-state index contributed by atoms with van der Waals surface area (Å²) >= 11 is 0.775. The maximum absolute atomic E-state index is 12.3. The van der Waals surface area contributed by atoms with Crippen LogP contribution < -0.4 is 0 Å². The number of aryl methyl sites for hydroxylation is 1. The molecule has 2 amide bonds. The molecule has 0 saturated carbocycles. The molecule has 1 heterocycles. The fourth-order valence-electron chi connectivity index (χ4n) is 2.06. The number of phenols is 1. The average molecular weight is 349 g/mol. The van der Waals surface area contributed by atoms with Crippen molar-refractivity contribution in [2.45, 2.75) is 33.3 Å². The third-order valence-electron chi connectivity index (χ3n) is 3.10. The van der Waals surface area contributed by atoms with Gasteiger partial charge in [0.25, 0.3) is 11.1 Å². The third-order valence-corrected chi connectivity index (χ3v) is 4.01. The lowest BCUT2D eigenvalue weighted by Crippen LogP contribution is -2.37. The Morgan fingerprint density at radius 3 is 2.58 bits per heavy atom. The van der Waals surface area contributed by atoms with Crippen molar-refractivity contribution >= 4 is 35.0 Å². The quantitative estimate of drug-likeness (QED) is 0.667. The Bertz CT molecular complexity index is 733. The predicted molar refractivity (Wildman–Crippen MR) is 91.4 cm³/mol. The van der Waals surface area contributed by atoms with Gasteiger partial charge in [-0.25, -0.2) is 0 Å². The molecule has 1 aromatic carbocycles. The predicted octanol–water partition coefficient (Wildman–Crippen LogP) is 3.08. The van der Waals surface area contributed by atoms with Crippen LogP contribution in [0.2, 0.25) is 0 Å². The van der Waals surface area contributed by atoms with E-state index in [0.29, 0.717) is 11.1 Å². The standard InChI is InChI=1S/C17H19NO5S/c1-10-7-11(5-6-12(10)19)8-13-15(21)18(16(22)24-13)9-14(20)23-17(2,3)4/h5-8,19H,9H2,1-4H3. The minimum absolute atomic E-state index is 0.158. The molecule has 1 fully saturated rings. The third kappa shape index (κ3) is 4.38. The van der Waals surface area contributed by atoms with Gasteiger partial charge in [0.1, 0.15) is 17.9 Å². The number of carbonyl (C=O) groups excluding carboxylic acids is 3. The van der Waals surface area contributed by atoms with E-state index >= 15 is 0 Å². The lowest BCUT2D eigenvalue weighted by molar-refractivity contribution is -0.156. The largest absolute Gasteiger partial charge is 0.508 e. The van der Waals surface area contributed by atoms with E-state index in [4.69, 9.17) is 4.74 Å². The molecule has 0 unspecified atom stereocenters. The molecule has 1 aromatic rings. The topological polar surface area (TPSA) is 83.9 Å². The zero-order chi connectivity index (χ0) is 18.1. The van der Waals surface area contributed by atoms with E-state index < -0.39 is 29.3 Å². The van der Waals surface area contributed by atoms with Gasteiger partial charge in [0.05, 0.1) is 4.91 Å². The van der Waals surface area contributed by atoms with Gasteiger partial charge in [-0.3, -0.25) is 19.3 Å². The molecular weight excluding hydrogens is 330 g/mol. The highest BCUT2D eigenvalue weighted by Gasteiger charge is 2.37. The molecule has 6 nitrogen and oxygen atoms in total. The van der Waals surface area contributed by atoms with Gasteiger partial charge < -0.3 is 9.84 Å². The molecule has 0 bridgehead atoms. The number of carbonyl (C=O) groups is 3. The van der Waals surface area contributed by atoms with Gasteiger partial charge in [0.2, 0.25) is 0 Å². The van der Waals surface area contributed by atoms with Crippen molar-refractivity contribution in [1.82, 2.24) is 4.90 Å². The second-order valence-corrected chi connectivity index (χ2v) is 7.39. The second kappa shape index (κ2) is 6.68. The van der Waals surface area contributed by atoms with Gasteiger partial charge in [-0.2, -0.15) is 0 Å². The molecule has 0 radical (unpaired) electrons. The summed E-state index contributed by atoms with van der Waals surface area (Å²) in [6.45, 7) is 6.47. The number of hydrogen-bond acceptors (Lipinski definition) is 6. The number of thioether (sulfide) groups is 1. The number of aromatic hydroxyl groups is 1. The highest BCUT2D eigenvalue weighted by Crippen LogP contribution is 2.32. The smallest absolute Gasteiger partial charge is 0.326 e. The molecule has 1 saturated heterocycles. The Morgan fingerprint density at radius 2 is 2.00 bits per heavy atom. The zero-order valence-corrected chi connectivity index (χ0v) is 14.8. The van der Waals surface area contributed by atoms with Crippen LogP contribution in [0.5, 0.6) is 5.75 Å². The number of hydrogen-bond donors (Lipinski definition) is 1. The lowest BCUT2D eigenvalue weighted by Gasteiger charge is -2.21. The van der Waals surface area contributed by atoms with Gasteiger partial charge in [-0.05, 0) is 68.8 Å². The molecule has 0 spiro atoms. The number of ether oxygens (including phenoxy) is 1. The van der Waals surface area contributed by atoms with Gasteiger partial charge in [0, 0.05) is 0 Å². The average Bonchev–Trinajstić information content (AvgIpc) is 2.69. The Kier molecular flexibility index (Phi) is 5.03. The number of esters is 1. The fourth-order valence-corrected chi connectivity index (χ4v) is 2.90. The monoisotopic (exact) mass is 349 g/mol. The number of amides is 2. The van der Waals surface area contributed by atoms with Gasteiger partial charge >= 0.3 is 5.97 Å². The normalized spacial score (nSPS) is 16.8. The van der Waals surface area contributed by atoms with Crippen molar-refractivity contribution in [3.8, 4) is 5.75 Å². The van der Waals surface area contributed by atoms with E-state index in [1.54, 1.807) is 45.9 Å². The van der Waals surface area contributed by atoms with E-state index in [-0.39, 0.29) is 10.7 Å². The first-order chi connectivity index (χ1) is 11.1. The highest BCUT2D eigenvalue weighted by atomic mass is 32.2. The molecule has 128 valence electrons. The van der Waals surface area contributed by atoms with Crippen LogP contribution in [-0.4, -0.2) is 39.3 Å². The Hall–Kier alpha value is -2.28. The van der Waals surface area contributed by atoms with Gasteiger partial charge in [-0.1, -0.05) is 6.07 Å². The summed E-state index contributed by atoms with van der Waals surface area (Å²) in [5.74, 6) is -1.00.